The summed E-state index contributed by atoms with van der Waals surface area (Å²) in [6.45, 7) is 5.86. The lowest BCUT2D eigenvalue weighted by Gasteiger charge is -2.12. The van der Waals surface area contributed by atoms with Crippen molar-refractivity contribution < 1.29 is 18.3 Å². The second-order valence-corrected chi connectivity index (χ2v) is 8.15. The Morgan fingerprint density at radius 3 is 2.61 bits per heavy atom. The maximum atomic E-state index is 13.8. The molecule has 33 heavy (non-hydrogen) atoms. The Hall–Kier alpha value is -3.57. The van der Waals surface area contributed by atoms with Crippen molar-refractivity contribution in [2.45, 2.75) is 20.8 Å². The first-order valence-electron chi connectivity index (χ1n) is 10.6. The second-order valence-electron chi connectivity index (χ2n) is 7.71. The van der Waals surface area contributed by atoms with Crippen LogP contribution >= 0.6 is 11.6 Å². The number of hydrogen-bond acceptors (Lipinski definition) is 3. The van der Waals surface area contributed by atoms with Crippen LogP contribution in [0.5, 0.6) is 5.75 Å². The zero-order valence-electron chi connectivity index (χ0n) is 18.5. The lowest BCUT2D eigenvalue weighted by molar-refractivity contribution is -0.111. The Labute approximate surface area is 196 Å². The minimum atomic E-state index is -0.368. The van der Waals surface area contributed by atoms with Gasteiger partial charge in [0.1, 0.15) is 17.1 Å². The number of nitrogens with one attached hydrogen (secondary N) is 1. The summed E-state index contributed by atoms with van der Waals surface area (Å²) in [5.74, 6) is -0.111. The van der Waals surface area contributed by atoms with Crippen molar-refractivity contribution in [2.75, 3.05) is 11.9 Å². The zero-order valence-corrected chi connectivity index (χ0v) is 19.3. The summed E-state index contributed by atoms with van der Waals surface area (Å²) in [6.07, 6.45) is 3.18. The van der Waals surface area contributed by atoms with Crippen LogP contribution in [0.4, 0.5) is 10.1 Å². The number of hydrogen-bond donors (Lipinski definition) is 1. The van der Waals surface area contributed by atoms with Gasteiger partial charge in [-0.25, -0.2) is 4.39 Å². The smallest absolute Gasteiger partial charge is 0.248 e. The summed E-state index contributed by atoms with van der Waals surface area (Å²) in [7, 11) is 0. The number of allylic oxidation sites excluding steroid dienone is 1. The summed E-state index contributed by atoms with van der Waals surface area (Å²) in [5, 5.41) is 4.26. The number of anilines is 1. The van der Waals surface area contributed by atoms with E-state index >= 15 is 0 Å². The highest BCUT2D eigenvalue weighted by Gasteiger charge is 2.15. The van der Waals surface area contributed by atoms with E-state index in [4.69, 9.17) is 20.8 Å². The molecule has 0 fully saturated rings. The van der Waals surface area contributed by atoms with Crippen molar-refractivity contribution in [3.63, 3.8) is 0 Å². The van der Waals surface area contributed by atoms with Gasteiger partial charge in [0.05, 0.1) is 12.9 Å². The summed E-state index contributed by atoms with van der Waals surface area (Å²) < 4.78 is 25.4. The van der Waals surface area contributed by atoms with E-state index in [1.54, 1.807) is 25.3 Å². The van der Waals surface area contributed by atoms with Crippen LogP contribution in [0.15, 0.2) is 71.4 Å². The number of aryl methyl sites for hydroxylation is 1. The first kappa shape index (κ1) is 22.6. The maximum Gasteiger partial charge on any atom is 0.248 e. The molecule has 6 heteroatoms. The SMILES string of the molecule is CCOc1cc2occ(-c3ccc(Cl)cc3)c2cc1/C(C)=C/C(=O)Nc1ccc(C)c(F)c1. The van der Waals surface area contributed by atoms with Crippen molar-refractivity contribution in [3.8, 4) is 16.9 Å². The number of fused-ring (bicyclic) bond motifs is 1. The number of halogens is 2. The summed E-state index contributed by atoms with van der Waals surface area (Å²) in [4.78, 5) is 12.6. The Kier molecular flexibility index (Phi) is 6.52. The van der Waals surface area contributed by atoms with Crippen LogP contribution in [0.25, 0.3) is 27.7 Å². The molecule has 0 atom stereocenters. The molecule has 0 spiro atoms. The summed E-state index contributed by atoms with van der Waals surface area (Å²) in [6, 6.07) is 15.9. The van der Waals surface area contributed by atoms with E-state index in [-0.39, 0.29) is 11.7 Å². The van der Waals surface area contributed by atoms with Gasteiger partial charge in [0.2, 0.25) is 5.91 Å². The minimum Gasteiger partial charge on any atom is -0.493 e. The molecule has 0 saturated heterocycles. The van der Waals surface area contributed by atoms with Gasteiger partial charge in [-0.1, -0.05) is 29.8 Å². The predicted octanol–water partition coefficient (Wildman–Crippen LogP) is 7.64. The fourth-order valence-corrected chi connectivity index (χ4v) is 3.74. The third kappa shape index (κ3) is 4.94. The van der Waals surface area contributed by atoms with Crippen LogP contribution in [-0.2, 0) is 4.79 Å². The highest BCUT2D eigenvalue weighted by Crippen LogP contribution is 2.37. The Morgan fingerprint density at radius 2 is 1.91 bits per heavy atom. The third-order valence-electron chi connectivity index (χ3n) is 5.34. The lowest BCUT2D eigenvalue weighted by atomic mass is 9.99. The van der Waals surface area contributed by atoms with E-state index in [2.05, 4.69) is 5.32 Å². The van der Waals surface area contributed by atoms with E-state index in [0.717, 1.165) is 22.1 Å². The van der Waals surface area contributed by atoms with Crippen molar-refractivity contribution in [3.05, 3.63) is 88.9 Å². The highest BCUT2D eigenvalue weighted by molar-refractivity contribution is 6.30. The average Bonchev–Trinajstić information content (AvgIpc) is 3.19. The number of furan rings is 1. The molecule has 3 aromatic carbocycles. The second kappa shape index (κ2) is 9.51. The molecule has 0 radical (unpaired) electrons. The Morgan fingerprint density at radius 1 is 1.15 bits per heavy atom. The number of amides is 1. The largest absolute Gasteiger partial charge is 0.493 e. The summed E-state index contributed by atoms with van der Waals surface area (Å²) >= 11 is 6.03. The van der Waals surface area contributed by atoms with Gasteiger partial charge >= 0.3 is 0 Å². The lowest BCUT2D eigenvalue weighted by Crippen LogP contribution is -2.09. The normalized spacial score (nSPS) is 11.6. The standard InChI is InChI=1S/C27H23ClFNO3/c1-4-32-25-14-26-22(23(15-33-26)18-6-8-19(28)9-7-18)13-21(25)17(3)11-27(31)30-20-10-5-16(2)24(29)12-20/h5-15H,4H2,1-3H3,(H,30,31)/b17-11+. The predicted molar refractivity (Wildman–Crippen MR) is 131 cm³/mol. The van der Waals surface area contributed by atoms with Gasteiger partial charge in [0, 0.05) is 39.4 Å². The van der Waals surface area contributed by atoms with Crippen LogP contribution in [0, 0.1) is 12.7 Å². The molecular weight excluding hydrogens is 441 g/mol. The Balaban J connectivity index is 1.71. The Bertz CT molecular complexity index is 1360. The number of rotatable bonds is 6. The molecule has 1 heterocycles. The van der Waals surface area contributed by atoms with Gasteiger partial charge in [0.15, 0.2) is 0 Å². The van der Waals surface area contributed by atoms with Gasteiger partial charge < -0.3 is 14.5 Å². The molecule has 0 aliphatic rings. The van der Waals surface area contributed by atoms with E-state index in [1.165, 1.54) is 12.1 Å². The molecular formula is C27H23ClFNO3. The van der Waals surface area contributed by atoms with Crippen LogP contribution in [-0.4, -0.2) is 12.5 Å². The number of ether oxygens (including phenoxy) is 1. The highest BCUT2D eigenvalue weighted by atomic mass is 35.5. The van der Waals surface area contributed by atoms with Crippen LogP contribution < -0.4 is 10.1 Å². The first-order chi connectivity index (χ1) is 15.9. The molecule has 0 bridgehead atoms. The average molecular weight is 464 g/mol. The van der Waals surface area contributed by atoms with Crippen molar-refractivity contribution >= 4 is 39.7 Å². The molecule has 0 aliphatic carbocycles. The number of carbonyl (C=O) groups is 1. The van der Waals surface area contributed by atoms with Crippen molar-refractivity contribution in [2.24, 2.45) is 0 Å². The number of carbonyl (C=O) groups excluding carboxylic acids is 1. The summed E-state index contributed by atoms with van der Waals surface area (Å²) in [5.41, 5.74) is 4.95. The van der Waals surface area contributed by atoms with E-state index in [9.17, 15) is 9.18 Å². The molecule has 1 N–H and O–H groups in total. The van der Waals surface area contributed by atoms with Crippen LogP contribution in [0.1, 0.15) is 25.0 Å². The van der Waals surface area contributed by atoms with Crippen LogP contribution in [0.3, 0.4) is 0 Å². The quantitative estimate of drug-likeness (QED) is 0.299. The van der Waals surface area contributed by atoms with Crippen LogP contribution in [0.2, 0.25) is 5.02 Å². The molecule has 4 aromatic rings. The maximum absolute atomic E-state index is 13.8. The molecule has 4 rings (SSSR count). The monoisotopic (exact) mass is 463 g/mol. The minimum absolute atomic E-state index is 0.358. The third-order valence-corrected chi connectivity index (χ3v) is 5.59. The molecule has 1 aromatic heterocycles. The molecule has 4 nitrogen and oxygen atoms in total. The first-order valence-corrected chi connectivity index (χ1v) is 10.9. The molecule has 1 amide bonds. The van der Waals surface area contributed by atoms with E-state index in [1.807, 2.05) is 50.2 Å². The topological polar surface area (TPSA) is 51.5 Å². The zero-order chi connectivity index (χ0) is 23.5. The van der Waals surface area contributed by atoms with Gasteiger partial charge in [-0.2, -0.15) is 0 Å². The van der Waals surface area contributed by atoms with E-state index < -0.39 is 0 Å². The molecule has 0 unspecified atom stereocenters. The molecule has 0 aliphatic heterocycles. The van der Waals surface area contributed by atoms with Gasteiger partial charge in [-0.3, -0.25) is 4.79 Å². The van der Waals surface area contributed by atoms with Gasteiger partial charge in [-0.05, 0) is 67.8 Å². The molecule has 168 valence electrons. The van der Waals surface area contributed by atoms with Crippen molar-refractivity contribution in [1.29, 1.82) is 0 Å². The van der Waals surface area contributed by atoms with Gasteiger partial charge in [-0.15, -0.1) is 0 Å². The fraction of sp³-hybridized carbons (Fsp3) is 0.148. The fourth-order valence-electron chi connectivity index (χ4n) is 3.61. The van der Waals surface area contributed by atoms with E-state index in [0.29, 0.717) is 39.8 Å². The van der Waals surface area contributed by atoms with Gasteiger partial charge in [0.25, 0.3) is 0 Å². The number of benzene rings is 3. The van der Waals surface area contributed by atoms with Crippen molar-refractivity contribution in [1.82, 2.24) is 0 Å². The molecule has 0 saturated carbocycles.